The second-order valence-electron chi connectivity index (χ2n) is 4.59. The Morgan fingerprint density at radius 1 is 1.41 bits per heavy atom. The van der Waals surface area contributed by atoms with E-state index in [-0.39, 0.29) is 11.9 Å². The third-order valence-corrected chi connectivity index (χ3v) is 3.48. The minimum atomic E-state index is 0.0890. The smallest absolute Gasteiger partial charge is 0.254 e. The predicted octanol–water partition coefficient (Wildman–Crippen LogP) is 2.21. The first-order valence-electron chi connectivity index (χ1n) is 5.89. The van der Waals surface area contributed by atoms with Gasteiger partial charge in [-0.1, -0.05) is 11.6 Å². The maximum absolute atomic E-state index is 12.3. The summed E-state index contributed by atoms with van der Waals surface area (Å²) in [6.45, 7) is 3.42. The molecular weight excluding hydrogens is 236 g/mol. The Balaban J connectivity index is 2.14. The molecule has 92 valence electrons. The Morgan fingerprint density at radius 3 is 2.65 bits per heavy atom. The van der Waals surface area contributed by atoms with Crippen molar-refractivity contribution in [2.24, 2.45) is 5.73 Å². The highest BCUT2D eigenvalue weighted by molar-refractivity contribution is 6.30. The molecule has 0 aliphatic carbocycles. The molecule has 3 nitrogen and oxygen atoms in total. The Kier molecular flexibility index (Phi) is 3.69. The Labute approximate surface area is 107 Å². The van der Waals surface area contributed by atoms with E-state index in [2.05, 4.69) is 0 Å². The molecule has 0 bridgehead atoms. The highest BCUT2D eigenvalue weighted by Gasteiger charge is 2.22. The number of carbonyl (C=O) groups excluding carboxylic acids is 1. The van der Waals surface area contributed by atoms with Gasteiger partial charge in [-0.3, -0.25) is 4.79 Å². The molecule has 2 rings (SSSR count). The van der Waals surface area contributed by atoms with Gasteiger partial charge in [-0.05, 0) is 43.5 Å². The van der Waals surface area contributed by atoms with Crippen LogP contribution < -0.4 is 5.73 Å². The van der Waals surface area contributed by atoms with Gasteiger partial charge in [0.05, 0.1) is 0 Å². The molecule has 0 atom stereocenters. The number of halogens is 1. The minimum Gasteiger partial charge on any atom is -0.339 e. The van der Waals surface area contributed by atoms with Gasteiger partial charge in [0.15, 0.2) is 0 Å². The van der Waals surface area contributed by atoms with Crippen LogP contribution in [0.3, 0.4) is 0 Å². The summed E-state index contributed by atoms with van der Waals surface area (Å²) in [7, 11) is 0. The van der Waals surface area contributed by atoms with Crippen molar-refractivity contribution >= 4 is 17.5 Å². The molecule has 1 heterocycles. The van der Waals surface area contributed by atoms with Crippen LogP contribution in [0.15, 0.2) is 18.2 Å². The van der Waals surface area contributed by atoms with Crippen LogP contribution in [-0.4, -0.2) is 29.9 Å². The van der Waals surface area contributed by atoms with Gasteiger partial charge in [0, 0.05) is 29.7 Å². The maximum atomic E-state index is 12.3. The van der Waals surface area contributed by atoms with E-state index in [1.54, 1.807) is 12.1 Å². The predicted molar refractivity (Wildman–Crippen MR) is 69.3 cm³/mol. The van der Waals surface area contributed by atoms with E-state index in [1.165, 1.54) is 0 Å². The van der Waals surface area contributed by atoms with Gasteiger partial charge >= 0.3 is 0 Å². The van der Waals surface area contributed by atoms with Crippen LogP contribution >= 0.6 is 11.6 Å². The van der Waals surface area contributed by atoms with Crippen molar-refractivity contribution < 1.29 is 4.79 Å². The van der Waals surface area contributed by atoms with Crippen LogP contribution in [0.5, 0.6) is 0 Å². The summed E-state index contributed by atoms with van der Waals surface area (Å²) in [5, 5.41) is 0.666. The van der Waals surface area contributed by atoms with Crippen molar-refractivity contribution in [1.29, 1.82) is 0 Å². The largest absolute Gasteiger partial charge is 0.339 e. The van der Waals surface area contributed by atoms with E-state index in [4.69, 9.17) is 17.3 Å². The van der Waals surface area contributed by atoms with Crippen LogP contribution in [-0.2, 0) is 0 Å². The molecule has 1 aliphatic rings. The molecule has 17 heavy (non-hydrogen) atoms. The monoisotopic (exact) mass is 252 g/mol. The van der Waals surface area contributed by atoms with Crippen molar-refractivity contribution in [1.82, 2.24) is 4.90 Å². The number of rotatable bonds is 1. The van der Waals surface area contributed by atoms with Gasteiger partial charge in [-0.25, -0.2) is 0 Å². The van der Waals surface area contributed by atoms with Gasteiger partial charge in [-0.15, -0.1) is 0 Å². The zero-order chi connectivity index (χ0) is 12.4. The first-order valence-corrected chi connectivity index (χ1v) is 6.26. The van der Waals surface area contributed by atoms with Crippen molar-refractivity contribution in [3.63, 3.8) is 0 Å². The number of hydrogen-bond acceptors (Lipinski definition) is 2. The van der Waals surface area contributed by atoms with Crippen molar-refractivity contribution in [3.8, 4) is 0 Å². The van der Waals surface area contributed by atoms with Gasteiger partial charge < -0.3 is 10.6 Å². The number of nitrogens with two attached hydrogens (primary N) is 1. The lowest BCUT2D eigenvalue weighted by Gasteiger charge is -2.30. The van der Waals surface area contributed by atoms with Crippen molar-refractivity contribution in [3.05, 3.63) is 34.3 Å². The number of piperidine rings is 1. The summed E-state index contributed by atoms with van der Waals surface area (Å²) in [5.74, 6) is 0.0890. The lowest BCUT2D eigenvalue weighted by Crippen LogP contribution is -2.43. The summed E-state index contributed by atoms with van der Waals surface area (Å²) in [6.07, 6.45) is 1.77. The maximum Gasteiger partial charge on any atom is 0.254 e. The van der Waals surface area contributed by atoms with Crippen LogP contribution in [0.1, 0.15) is 28.8 Å². The van der Waals surface area contributed by atoms with E-state index in [9.17, 15) is 4.79 Å². The van der Waals surface area contributed by atoms with Crippen LogP contribution in [0.4, 0.5) is 0 Å². The first kappa shape index (κ1) is 12.4. The molecule has 0 aromatic heterocycles. The van der Waals surface area contributed by atoms with E-state index in [0.717, 1.165) is 37.1 Å². The van der Waals surface area contributed by atoms with Gasteiger partial charge in [0.25, 0.3) is 5.91 Å². The molecule has 1 saturated heterocycles. The number of likely N-dealkylation sites (tertiary alicyclic amines) is 1. The van der Waals surface area contributed by atoms with Crippen LogP contribution in [0.25, 0.3) is 0 Å². The zero-order valence-corrected chi connectivity index (χ0v) is 10.7. The molecular formula is C13H17ClN2O. The van der Waals surface area contributed by atoms with Crippen molar-refractivity contribution in [2.75, 3.05) is 13.1 Å². The summed E-state index contributed by atoms with van der Waals surface area (Å²) in [6, 6.07) is 5.63. The molecule has 0 radical (unpaired) electrons. The molecule has 2 N–H and O–H groups in total. The third-order valence-electron chi connectivity index (χ3n) is 3.25. The summed E-state index contributed by atoms with van der Waals surface area (Å²) in [4.78, 5) is 14.2. The normalized spacial score (nSPS) is 17.2. The van der Waals surface area contributed by atoms with E-state index >= 15 is 0 Å². The van der Waals surface area contributed by atoms with E-state index in [1.807, 2.05) is 17.9 Å². The highest BCUT2D eigenvalue weighted by Crippen LogP contribution is 2.19. The Morgan fingerprint density at radius 2 is 2.06 bits per heavy atom. The van der Waals surface area contributed by atoms with E-state index in [0.29, 0.717) is 5.02 Å². The number of nitrogens with zero attached hydrogens (tertiary/aromatic N) is 1. The lowest BCUT2D eigenvalue weighted by molar-refractivity contribution is 0.0714. The molecule has 4 heteroatoms. The topological polar surface area (TPSA) is 46.3 Å². The summed E-state index contributed by atoms with van der Waals surface area (Å²) >= 11 is 5.89. The number of amides is 1. The molecule has 1 aliphatic heterocycles. The number of hydrogen-bond donors (Lipinski definition) is 1. The summed E-state index contributed by atoms with van der Waals surface area (Å²) in [5.41, 5.74) is 7.50. The fraction of sp³-hybridized carbons (Fsp3) is 0.462. The Bertz CT molecular complexity index is 425. The minimum absolute atomic E-state index is 0.0890. The number of benzene rings is 1. The average Bonchev–Trinajstić information content (AvgIpc) is 2.29. The molecule has 1 fully saturated rings. The van der Waals surface area contributed by atoms with Crippen LogP contribution in [0.2, 0.25) is 5.02 Å². The van der Waals surface area contributed by atoms with Crippen molar-refractivity contribution in [2.45, 2.75) is 25.8 Å². The average molecular weight is 253 g/mol. The second-order valence-corrected chi connectivity index (χ2v) is 5.03. The molecule has 1 aromatic rings. The standard InChI is InChI=1S/C13H17ClN2O/c1-9-8-10(14)2-3-12(9)13(17)16-6-4-11(15)5-7-16/h2-3,8,11H,4-7,15H2,1H3. The quantitative estimate of drug-likeness (QED) is 0.833. The summed E-state index contributed by atoms with van der Waals surface area (Å²) < 4.78 is 0. The number of aryl methyl sites for hydroxylation is 1. The highest BCUT2D eigenvalue weighted by atomic mass is 35.5. The molecule has 1 amide bonds. The fourth-order valence-corrected chi connectivity index (χ4v) is 2.37. The zero-order valence-electron chi connectivity index (χ0n) is 9.95. The SMILES string of the molecule is Cc1cc(Cl)ccc1C(=O)N1CCC(N)CC1. The van der Waals surface area contributed by atoms with E-state index < -0.39 is 0 Å². The fourth-order valence-electron chi connectivity index (χ4n) is 2.14. The van der Waals surface area contributed by atoms with Gasteiger partial charge in [0.2, 0.25) is 0 Å². The lowest BCUT2D eigenvalue weighted by atomic mass is 10.0. The Hall–Kier alpha value is -1.06. The second kappa shape index (κ2) is 5.07. The molecule has 0 spiro atoms. The third kappa shape index (κ3) is 2.79. The molecule has 0 unspecified atom stereocenters. The molecule has 0 saturated carbocycles. The van der Waals surface area contributed by atoms with Gasteiger partial charge in [-0.2, -0.15) is 0 Å². The van der Waals surface area contributed by atoms with Gasteiger partial charge in [0.1, 0.15) is 0 Å². The number of carbonyl (C=O) groups is 1. The first-order chi connectivity index (χ1) is 8.08. The van der Waals surface area contributed by atoms with Crippen LogP contribution in [0, 0.1) is 6.92 Å². The molecule has 1 aromatic carbocycles.